The van der Waals surface area contributed by atoms with E-state index in [0.29, 0.717) is 6.61 Å². The third-order valence-electron chi connectivity index (χ3n) is 4.68. The fraction of sp³-hybridized carbons (Fsp3) is 0.450. The molecule has 2 aromatic carbocycles. The molecule has 0 aromatic heterocycles. The fourth-order valence-electron chi connectivity index (χ4n) is 3.00. The Labute approximate surface area is 148 Å². The van der Waals surface area contributed by atoms with Gasteiger partial charge in [-0.05, 0) is 35.4 Å². The normalized spacial score (nSPS) is 16.6. The van der Waals surface area contributed by atoms with E-state index in [1.165, 1.54) is 0 Å². The van der Waals surface area contributed by atoms with E-state index in [9.17, 15) is 4.79 Å². The highest BCUT2D eigenvalue weighted by atomic mass is 16.5. The minimum Gasteiger partial charge on any atom is -0.497 e. The zero-order valence-electron chi connectivity index (χ0n) is 14.9. The van der Waals surface area contributed by atoms with Crippen LogP contribution in [0.25, 0.3) is 10.8 Å². The molecule has 1 saturated heterocycles. The number of morpholine rings is 1. The van der Waals surface area contributed by atoms with E-state index in [2.05, 4.69) is 4.90 Å². The van der Waals surface area contributed by atoms with Crippen LogP contribution in [0, 0.1) is 0 Å². The summed E-state index contributed by atoms with van der Waals surface area (Å²) in [5, 5.41) is 2.18. The Morgan fingerprint density at radius 2 is 1.88 bits per heavy atom. The number of fused-ring (bicyclic) bond motifs is 1. The van der Waals surface area contributed by atoms with Gasteiger partial charge in [0.05, 0.1) is 26.2 Å². The van der Waals surface area contributed by atoms with Crippen LogP contribution >= 0.6 is 0 Å². The van der Waals surface area contributed by atoms with Crippen molar-refractivity contribution in [3.63, 3.8) is 0 Å². The van der Waals surface area contributed by atoms with Gasteiger partial charge in [0, 0.05) is 19.6 Å². The molecule has 1 atom stereocenters. The SMILES string of the molecule is COc1ccc2cc(C(C)C(=O)OCCN3CCOCC3)ccc2c1. The van der Waals surface area contributed by atoms with Gasteiger partial charge in [0.2, 0.25) is 0 Å². The van der Waals surface area contributed by atoms with Gasteiger partial charge in [0.1, 0.15) is 12.4 Å². The molecule has 0 spiro atoms. The van der Waals surface area contributed by atoms with Crippen LogP contribution in [0.1, 0.15) is 18.4 Å². The van der Waals surface area contributed by atoms with Crippen LogP contribution < -0.4 is 4.74 Å². The number of ether oxygens (including phenoxy) is 3. The maximum atomic E-state index is 12.3. The van der Waals surface area contributed by atoms with Crippen molar-refractivity contribution < 1.29 is 19.0 Å². The average Bonchev–Trinajstić information content (AvgIpc) is 2.67. The molecule has 0 amide bonds. The summed E-state index contributed by atoms with van der Waals surface area (Å²) in [7, 11) is 1.66. The van der Waals surface area contributed by atoms with E-state index >= 15 is 0 Å². The molecule has 3 rings (SSSR count). The zero-order chi connectivity index (χ0) is 17.6. The zero-order valence-corrected chi connectivity index (χ0v) is 14.9. The summed E-state index contributed by atoms with van der Waals surface area (Å²) in [6.45, 7) is 6.40. The lowest BCUT2D eigenvalue weighted by Crippen LogP contribution is -2.38. The highest BCUT2D eigenvalue weighted by Gasteiger charge is 2.18. The lowest BCUT2D eigenvalue weighted by Gasteiger charge is -2.26. The van der Waals surface area contributed by atoms with Gasteiger partial charge in [-0.15, -0.1) is 0 Å². The average molecular weight is 343 g/mol. The molecular weight excluding hydrogens is 318 g/mol. The van der Waals surface area contributed by atoms with Crippen molar-refractivity contribution >= 4 is 16.7 Å². The number of hydrogen-bond acceptors (Lipinski definition) is 5. The predicted octanol–water partition coefficient (Wildman–Crippen LogP) is 2.83. The molecule has 25 heavy (non-hydrogen) atoms. The van der Waals surface area contributed by atoms with Crippen molar-refractivity contribution in [3.05, 3.63) is 42.0 Å². The minimum atomic E-state index is -0.281. The predicted molar refractivity (Wildman–Crippen MR) is 97.1 cm³/mol. The highest BCUT2D eigenvalue weighted by molar-refractivity contribution is 5.86. The number of hydrogen-bond donors (Lipinski definition) is 0. The standard InChI is InChI=1S/C20H25NO4/c1-15(20(22)25-12-9-21-7-10-24-11-8-21)16-3-4-18-14-19(23-2)6-5-17(18)13-16/h3-6,13-15H,7-12H2,1-2H3. The largest absolute Gasteiger partial charge is 0.497 e. The molecule has 0 aliphatic carbocycles. The van der Waals surface area contributed by atoms with E-state index in [-0.39, 0.29) is 11.9 Å². The molecule has 0 N–H and O–H groups in total. The van der Waals surface area contributed by atoms with Crippen molar-refractivity contribution in [2.75, 3.05) is 46.6 Å². The molecular formula is C20H25NO4. The maximum absolute atomic E-state index is 12.3. The molecule has 1 aliphatic heterocycles. The van der Waals surface area contributed by atoms with Crippen LogP contribution in [0.2, 0.25) is 0 Å². The van der Waals surface area contributed by atoms with E-state index < -0.39 is 0 Å². The Balaban J connectivity index is 1.58. The number of carbonyl (C=O) groups excluding carboxylic acids is 1. The Morgan fingerprint density at radius 1 is 1.16 bits per heavy atom. The number of rotatable bonds is 6. The Bertz CT molecular complexity index is 725. The van der Waals surface area contributed by atoms with Gasteiger partial charge in [0.25, 0.3) is 0 Å². The van der Waals surface area contributed by atoms with Gasteiger partial charge in [-0.3, -0.25) is 9.69 Å². The first-order valence-electron chi connectivity index (χ1n) is 8.72. The molecule has 1 fully saturated rings. The summed E-state index contributed by atoms with van der Waals surface area (Å²) < 4.78 is 16.0. The summed E-state index contributed by atoms with van der Waals surface area (Å²) in [6, 6.07) is 12.0. The molecule has 2 aromatic rings. The number of benzene rings is 2. The summed E-state index contributed by atoms with van der Waals surface area (Å²) in [5.41, 5.74) is 0.967. The number of nitrogens with zero attached hydrogens (tertiary/aromatic N) is 1. The lowest BCUT2D eigenvalue weighted by atomic mass is 9.98. The first kappa shape index (κ1) is 17.7. The summed E-state index contributed by atoms with van der Waals surface area (Å²) in [4.78, 5) is 14.6. The van der Waals surface area contributed by atoms with Crippen LogP contribution in [0.15, 0.2) is 36.4 Å². The second-order valence-electron chi connectivity index (χ2n) is 6.32. The van der Waals surface area contributed by atoms with Crippen LogP contribution in [0.4, 0.5) is 0 Å². The van der Waals surface area contributed by atoms with Gasteiger partial charge in [-0.2, -0.15) is 0 Å². The lowest BCUT2D eigenvalue weighted by molar-refractivity contribution is -0.145. The smallest absolute Gasteiger partial charge is 0.313 e. The van der Waals surface area contributed by atoms with Gasteiger partial charge in [0.15, 0.2) is 0 Å². The van der Waals surface area contributed by atoms with Crippen LogP contribution in [-0.2, 0) is 14.3 Å². The highest BCUT2D eigenvalue weighted by Crippen LogP contribution is 2.25. The van der Waals surface area contributed by atoms with Crippen LogP contribution in [0.3, 0.4) is 0 Å². The molecule has 1 unspecified atom stereocenters. The molecule has 1 aliphatic rings. The van der Waals surface area contributed by atoms with Gasteiger partial charge in [-0.25, -0.2) is 0 Å². The fourth-order valence-corrected chi connectivity index (χ4v) is 3.00. The van der Waals surface area contributed by atoms with Crippen LogP contribution in [0.5, 0.6) is 5.75 Å². The third-order valence-corrected chi connectivity index (χ3v) is 4.68. The van der Waals surface area contributed by atoms with Crippen molar-refractivity contribution in [3.8, 4) is 5.75 Å². The van der Waals surface area contributed by atoms with Crippen molar-refractivity contribution in [2.24, 2.45) is 0 Å². The Kier molecular flexibility index (Phi) is 5.89. The summed E-state index contributed by atoms with van der Waals surface area (Å²) in [5.74, 6) is 0.369. The summed E-state index contributed by atoms with van der Waals surface area (Å²) in [6.07, 6.45) is 0. The number of esters is 1. The Hall–Kier alpha value is -2.11. The number of carbonyl (C=O) groups is 1. The second-order valence-corrected chi connectivity index (χ2v) is 6.32. The molecule has 5 heteroatoms. The van der Waals surface area contributed by atoms with Crippen molar-refractivity contribution in [2.45, 2.75) is 12.8 Å². The topological polar surface area (TPSA) is 48.0 Å². The maximum Gasteiger partial charge on any atom is 0.313 e. The molecule has 134 valence electrons. The van der Waals surface area contributed by atoms with E-state index in [0.717, 1.165) is 54.9 Å². The molecule has 1 heterocycles. The van der Waals surface area contributed by atoms with Crippen molar-refractivity contribution in [1.29, 1.82) is 0 Å². The monoisotopic (exact) mass is 343 g/mol. The quantitative estimate of drug-likeness (QED) is 0.755. The Morgan fingerprint density at radius 3 is 2.64 bits per heavy atom. The van der Waals surface area contributed by atoms with E-state index in [4.69, 9.17) is 14.2 Å². The van der Waals surface area contributed by atoms with Gasteiger partial charge in [-0.1, -0.05) is 24.3 Å². The number of methoxy groups -OCH3 is 1. The van der Waals surface area contributed by atoms with Gasteiger partial charge >= 0.3 is 5.97 Å². The third kappa shape index (κ3) is 4.50. The van der Waals surface area contributed by atoms with Gasteiger partial charge < -0.3 is 14.2 Å². The molecule has 5 nitrogen and oxygen atoms in total. The van der Waals surface area contributed by atoms with Crippen LogP contribution in [-0.4, -0.2) is 57.4 Å². The summed E-state index contributed by atoms with van der Waals surface area (Å²) >= 11 is 0. The molecule has 0 bridgehead atoms. The molecule has 0 radical (unpaired) electrons. The van der Waals surface area contributed by atoms with E-state index in [1.807, 2.05) is 43.3 Å². The minimum absolute atomic E-state index is 0.180. The second kappa shape index (κ2) is 8.32. The first-order chi connectivity index (χ1) is 12.2. The first-order valence-corrected chi connectivity index (χ1v) is 8.72. The van der Waals surface area contributed by atoms with E-state index in [1.54, 1.807) is 7.11 Å². The van der Waals surface area contributed by atoms with Crippen molar-refractivity contribution in [1.82, 2.24) is 4.90 Å². The molecule has 0 saturated carbocycles.